The van der Waals surface area contributed by atoms with Crippen LogP contribution in [-0.2, 0) is 4.79 Å². The van der Waals surface area contributed by atoms with Gasteiger partial charge in [-0.25, -0.2) is 0 Å². The Kier molecular flexibility index (Phi) is 8.80. The Labute approximate surface area is 190 Å². The summed E-state index contributed by atoms with van der Waals surface area (Å²) < 4.78 is 0. The highest BCUT2D eigenvalue weighted by atomic mass is 35.5. The lowest BCUT2D eigenvalue weighted by atomic mass is 10.0. The number of nitrogens with zero attached hydrogens (tertiary/aromatic N) is 2. The normalized spacial score (nSPS) is 21.1. The molecular weight excluding hydrogens is 429 g/mol. The van der Waals surface area contributed by atoms with Gasteiger partial charge in [0.1, 0.15) is 0 Å². The molecule has 2 atom stereocenters. The SMILES string of the molecule is CN1CCN(C(=O)CN[C@H]2CC2c2ccc(-c3ccc(Cl)cc3)cc2)CC1.Cl.Cl. The lowest BCUT2D eigenvalue weighted by Crippen LogP contribution is -2.49. The average molecular weight is 457 g/mol. The number of nitrogens with one attached hydrogen (secondary N) is 1. The summed E-state index contributed by atoms with van der Waals surface area (Å²) in [7, 11) is 2.10. The van der Waals surface area contributed by atoms with Crippen LogP contribution in [0.1, 0.15) is 17.9 Å². The fourth-order valence-corrected chi connectivity index (χ4v) is 3.87. The number of piperazine rings is 1. The van der Waals surface area contributed by atoms with Crippen molar-refractivity contribution in [1.82, 2.24) is 15.1 Å². The summed E-state index contributed by atoms with van der Waals surface area (Å²) in [6.07, 6.45) is 1.11. The van der Waals surface area contributed by atoms with Crippen molar-refractivity contribution in [2.24, 2.45) is 0 Å². The Bertz CT molecular complexity index is 790. The zero-order valence-electron chi connectivity index (χ0n) is 16.5. The molecule has 2 aromatic rings. The Morgan fingerprint density at radius 2 is 1.52 bits per heavy atom. The molecule has 1 saturated heterocycles. The second-order valence-corrected chi connectivity index (χ2v) is 8.08. The van der Waals surface area contributed by atoms with E-state index >= 15 is 0 Å². The van der Waals surface area contributed by atoms with Crippen molar-refractivity contribution in [3.05, 3.63) is 59.1 Å². The predicted octanol–water partition coefficient (Wildman–Crippen LogP) is 4.07. The molecule has 1 unspecified atom stereocenters. The van der Waals surface area contributed by atoms with Crippen molar-refractivity contribution in [2.75, 3.05) is 39.8 Å². The fraction of sp³-hybridized carbons (Fsp3) is 0.409. The van der Waals surface area contributed by atoms with Gasteiger partial charge in [0.25, 0.3) is 0 Å². The minimum Gasteiger partial charge on any atom is -0.339 e. The number of hydrogen-bond donors (Lipinski definition) is 1. The molecule has 1 amide bonds. The third-order valence-corrected chi connectivity index (χ3v) is 5.93. The second-order valence-electron chi connectivity index (χ2n) is 7.64. The number of hydrogen-bond acceptors (Lipinski definition) is 3. The molecule has 158 valence electrons. The molecule has 7 heteroatoms. The van der Waals surface area contributed by atoms with Crippen LogP contribution in [0.5, 0.6) is 0 Å². The highest BCUT2D eigenvalue weighted by Crippen LogP contribution is 2.41. The maximum Gasteiger partial charge on any atom is 0.236 e. The van der Waals surface area contributed by atoms with Crippen LogP contribution < -0.4 is 5.32 Å². The summed E-state index contributed by atoms with van der Waals surface area (Å²) >= 11 is 5.96. The van der Waals surface area contributed by atoms with Gasteiger partial charge in [0.2, 0.25) is 5.91 Å². The van der Waals surface area contributed by atoms with E-state index < -0.39 is 0 Å². The number of amides is 1. The number of benzene rings is 2. The van der Waals surface area contributed by atoms with Gasteiger partial charge in [-0.1, -0.05) is 48.0 Å². The van der Waals surface area contributed by atoms with Gasteiger partial charge in [-0.3, -0.25) is 4.79 Å². The topological polar surface area (TPSA) is 35.6 Å². The van der Waals surface area contributed by atoms with Gasteiger partial charge in [0.05, 0.1) is 6.54 Å². The molecule has 0 radical (unpaired) electrons. The summed E-state index contributed by atoms with van der Waals surface area (Å²) in [6.45, 7) is 4.08. The average Bonchev–Trinajstić information content (AvgIpc) is 3.47. The smallest absolute Gasteiger partial charge is 0.236 e. The van der Waals surface area contributed by atoms with E-state index in [9.17, 15) is 4.79 Å². The number of halogens is 3. The van der Waals surface area contributed by atoms with E-state index in [0.29, 0.717) is 18.5 Å². The molecule has 2 aromatic carbocycles. The van der Waals surface area contributed by atoms with Crippen molar-refractivity contribution in [1.29, 1.82) is 0 Å². The Morgan fingerprint density at radius 3 is 2.10 bits per heavy atom. The highest BCUT2D eigenvalue weighted by Gasteiger charge is 2.38. The van der Waals surface area contributed by atoms with Crippen molar-refractivity contribution in [3.63, 3.8) is 0 Å². The van der Waals surface area contributed by atoms with E-state index in [1.54, 1.807) is 0 Å². The highest BCUT2D eigenvalue weighted by molar-refractivity contribution is 6.30. The first-order valence-corrected chi connectivity index (χ1v) is 10.0. The molecule has 1 heterocycles. The molecule has 1 aliphatic heterocycles. The standard InChI is InChI=1S/C22H26ClN3O.2ClH/c1-25-10-12-26(13-11-25)22(27)15-24-21-14-20(21)18-4-2-16(3-5-18)17-6-8-19(23)9-7-17;;/h2-9,20-21,24H,10-15H2,1H3;2*1H/t20?,21-;;/m0../s1. The van der Waals surface area contributed by atoms with E-state index in [-0.39, 0.29) is 30.7 Å². The molecule has 4 nitrogen and oxygen atoms in total. The Balaban J connectivity index is 0.00000150. The minimum atomic E-state index is 0. The van der Waals surface area contributed by atoms with Crippen molar-refractivity contribution >= 4 is 42.3 Å². The van der Waals surface area contributed by atoms with E-state index in [4.69, 9.17) is 11.6 Å². The van der Waals surface area contributed by atoms with Crippen molar-refractivity contribution in [2.45, 2.75) is 18.4 Å². The van der Waals surface area contributed by atoms with Crippen LogP contribution in [0.25, 0.3) is 11.1 Å². The first-order chi connectivity index (χ1) is 13.1. The van der Waals surface area contributed by atoms with Crippen LogP contribution in [0.3, 0.4) is 0 Å². The molecule has 2 fully saturated rings. The van der Waals surface area contributed by atoms with Gasteiger partial charge < -0.3 is 15.1 Å². The van der Waals surface area contributed by atoms with Crippen molar-refractivity contribution in [3.8, 4) is 11.1 Å². The van der Waals surface area contributed by atoms with Gasteiger partial charge in [-0.2, -0.15) is 0 Å². The molecule has 1 aliphatic carbocycles. The third kappa shape index (κ3) is 6.09. The number of carbonyl (C=O) groups is 1. The van der Waals surface area contributed by atoms with E-state index in [0.717, 1.165) is 37.6 Å². The molecule has 29 heavy (non-hydrogen) atoms. The zero-order chi connectivity index (χ0) is 18.8. The van der Waals surface area contributed by atoms with Crippen LogP contribution in [0, 0.1) is 0 Å². The first-order valence-electron chi connectivity index (χ1n) is 9.66. The monoisotopic (exact) mass is 455 g/mol. The summed E-state index contributed by atoms with van der Waals surface area (Å²) in [6, 6.07) is 17.1. The number of carbonyl (C=O) groups excluding carboxylic acids is 1. The van der Waals surface area contributed by atoms with Crippen LogP contribution in [0.15, 0.2) is 48.5 Å². The summed E-state index contributed by atoms with van der Waals surface area (Å²) in [5.41, 5.74) is 3.72. The summed E-state index contributed by atoms with van der Waals surface area (Å²) in [4.78, 5) is 16.6. The van der Waals surface area contributed by atoms with E-state index in [2.05, 4.69) is 41.5 Å². The number of rotatable bonds is 5. The van der Waals surface area contributed by atoms with Gasteiger partial charge in [0, 0.05) is 43.2 Å². The van der Waals surface area contributed by atoms with Gasteiger partial charge in [0.15, 0.2) is 0 Å². The molecule has 2 aliphatic rings. The third-order valence-electron chi connectivity index (χ3n) is 5.68. The fourth-order valence-electron chi connectivity index (χ4n) is 3.74. The molecule has 0 aromatic heterocycles. The quantitative estimate of drug-likeness (QED) is 0.737. The second kappa shape index (κ2) is 10.6. The molecular formula is C22H28Cl3N3O. The van der Waals surface area contributed by atoms with E-state index in [1.165, 1.54) is 16.7 Å². The van der Waals surface area contributed by atoms with E-state index in [1.807, 2.05) is 29.2 Å². The first kappa shape index (κ1) is 24.0. The summed E-state index contributed by atoms with van der Waals surface area (Å²) in [5, 5.41) is 4.20. The maximum absolute atomic E-state index is 12.3. The Hall–Kier alpha value is -1.30. The minimum absolute atomic E-state index is 0. The van der Waals surface area contributed by atoms with Crippen LogP contribution >= 0.6 is 36.4 Å². The zero-order valence-corrected chi connectivity index (χ0v) is 18.9. The lowest BCUT2D eigenvalue weighted by Gasteiger charge is -2.32. The van der Waals surface area contributed by atoms with Crippen LogP contribution in [0.4, 0.5) is 0 Å². The van der Waals surface area contributed by atoms with Gasteiger partial charge in [-0.05, 0) is 42.3 Å². The van der Waals surface area contributed by atoms with Crippen LogP contribution in [-0.4, -0.2) is 61.5 Å². The van der Waals surface area contributed by atoms with Gasteiger partial charge >= 0.3 is 0 Å². The lowest BCUT2D eigenvalue weighted by molar-refractivity contribution is -0.131. The summed E-state index contributed by atoms with van der Waals surface area (Å²) in [5.74, 6) is 0.747. The van der Waals surface area contributed by atoms with Crippen molar-refractivity contribution < 1.29 is 4.79 Å². The maximum atomic E-state index is 12.3. The largest absolute Gasteiger partial charge is 0.339 e. The predicted molar refractivity (Wildman–Crippen MR) is 125 cm³/mol. The van der Waals surface area contributed by atoms with Crippen LogP contribution in [0.2, 0.25) is 5.02 Å². The van der Waals surface area contributed by atoms with Gasteiger partial charge in [-0.15, -0.1) is 24.8 Å². The molecule has 1 saturated carbocycles. The molecule has 1 N–H and O–H groups in total. The Morgan fingerprint density at radius 1 is 0.966 bits per heavy atom. The molecule has 0 spiro atoms. The molecule has 0 bridgehead atoms. The number of likely N-dealkylation sites (N-methyl/N-ethyl adjacent to an activating group) is 1. The molecule has 4 rings (SSSR count).